The van der Waals surface area contributed by atoms with Crippen molar-refractivity contribution in [3.63, 3.8) is 0 Å². The average Bonchev–Trinajstić information content (AvgIpc) is 2.73. The second kappa shape index (κ2) is 8.89. The molecule has 0 bridgehead atoms. The number of nitrogens with zero attached hydrogens (tertiary/aromatic N) is 1. The lowest BCUT2D eigenvalue weighted by Crippen LogP contribution is -2.41. The molecule has 1 aliphatic heterocycles. The van der Waals surface area contributed by atoms with Gasteiger partial charge in [0.25, 0.3) is 10.0 Å². The second-order valence-electron chi connectivity index (χ2n) is 6.99. The van der Waals surface area contributed by atoms with Crippen molar-refractivity contribution in [3.05, 3.63) is 77.8 Å². The fourth-order valence-electron chi connectivity index (χ4n) is 3.22. The van der Waals surface area contributed by atoms with Crippen LogP contribution in [0.15, 0.2) is 77.7 Å². The number of amides is 1. The molecule has 1 amide bonds. The van der Waals surface area contributed by atoms with E-state index in [1.807, 2.05) is 0 Å². The van der Waals surface area contributed by atoms with Crippen LogP contribution in [-0.2, 0) is 19.6 Å². The predicted octanol–water partition coefficient (Wildman–Crippen LogP) is 3.50. The Morgan fingerprint density at radius 3 is 2.56 bits per heavy atom. The van der Waals surface area contributed by atoms with Crippen LogP contribution in [0.1, 0.15) is 0 Å². The van der Waals surface area contributed by atoms with E-state index in [0.29, 0.717) is 27.8 Å². The molecular weight excluding hydrogens is 454 g/mol. The van der Waals surface area contributed by atoms with E-state index in [1.54, 1.807) is 53.4 Å². The van der Waals surface area contributed by atoms with E-state index in [1.165, 1.54) is 24.3 Å². The summed E-state index contributed by atoms with van der Waals surface area (Å²) < 4.78 is 33.1. The summed E-state index contributed by atoms with van der Waals surface area (Å²) in [5, 5.41) is 3.07. The van der Waals surface area contributed by atoms with Crippen LogP contribution in [0.5, 0.6) is 5.75 Å². The lowest BCUT2D eigenvalue weighted by atomic mass is 10.2. The molecule has 164 valence electrons. The normalized spacial score (nSPS) is 13.2. The van der Waals surface area contributed by atoms with Crippen molar-refractivity contribution in [3.8, 4) is 5.75 Å². The van der Waals surface area contributed by atoms with E-state index in [-0.39, 0.29) is 18.0 Å². The molecule has 3 aromatic carbocycles. The summed E-state index contributed by atoms with van der Waals surface area (Å²) in [7, 11) is -3.89. The Morgan fingerprint density at radius 1 is 1.00 bits per heavy atom. The van der Waals surface area contributed by atoms with Gasteiger partial charge < -0.3 is 15.0 Å². The number of carbonyl (C=O) groups excluding carboxylic acids is 2. The summed E-state index contributed by atoms with van der Waals surface area (Å²) in [6.07, 6.45) is 0. The Hall–Kier alpha value is -3.56. The van der Waals surface area contributed by atoms with Gasteiger partial charge in [0.15, 0.2) is 5.75 Å². The van der Waals surface area contributed by atoms with E-state index in [4.69, 9.17) is 16.3 Å². The molecule has 10 heteroatoms. The molecule has 0 saturated heterocycles. The van der Waals surface area contributed by atoms with Gasteiger partial charge in [-0.15, -0.1) is 0 Å². The number of fused-ring (bicyclic) bond motifs is 1. The Labute approximate surface area is 189 Å². The van der Waals surface area contributed by atoms with Crippen LogP contribution in [0.25, 0.3) is 0 Å². The van der Waals surface area contributed by atoms with Crippen LogP contribution in [0.4, 0.5) is 17.1 Å². The van der Waals surface area contributed by atoms with Crippen LogP contribution in [0, 0.1) is 0 Å². The van der Waals surface area contributed by atoms with E-state index in [9.17, 15) is 18.0 Å². The summed E-state index contributed by atoms with van der Waals surface area (Å²) >= 11 is 5.91. The average molecular weight is 472 g/mol. The molecule has 0 saturated carbocycles. The van der Waals surface area contributed by atoms with Gasteiger partial charge in [-0.3, -0.25) is 9.52 Å². The molecule has 0 aromatic heterocycles. The van der Waals surface area contributed by atoms with Gasteiger partial charge in [-0.1, -0.05) is 35.9 Å². The Bertz CT molecular complexity index is 1300. The molecular formula is C22H18ClN3O5S. The van der Waals surface area contributed by atoms with Crippen LogP contribution in [0.2, 0.25) is 5.02 Å². The number of hydrogen-bond acceptors (Lipinski definition) is 6. The maximum Gasteiger partial charge on any atom is 0.331 e. The van der Waals surface area contributed by atoms with Gasteiger partial charge in [-0.25, -0.2) is 13.2 Å². The molecule has 1 heterocycles. The van der Waals surface area contributed by atoms with Crippen LogP contribution in [-0.4, -0.2) is 33.4 Å². The van der Waals surface area contributed by atoms with E-state index < -0.39 is 21.9 Å². The Balaban J connectivity index is 1.47. The van der Waals surface area contributed by atoms with Crippen LogP contribution in [0.3, 0.4) is 0 Å². The third kappa shape index (κ3) is 5.01. The molecule has 32 heavy (non-hydrogen) atoms. The highest BCUT2D eigenvalue weighted by Gasteiger charge is 2.25. The van der Waals surface area contributed by atoms with Crippen molar-refractivity contribution >= 4 is 50.6 Å². The highest BCUT2D eigenvalue weighted by atomic mass is 35.5. The molecule has 0 unspecified atom stereocenters. The molecule has 0 aliphatic carbocycles. The minimum Gasteiger partial charge on any atom is -0.423 e. The van der Waals surface area contributed by atoms with Gasteiger partial charge in [0.05, 0.1) is 22.8 Å². The van der Waals surface area contributed by atoms with Gasteiger partial charge in [0.2, 0.25) is 5.91 Å². The van der Waals surface area contributed by atoms with E-state index >= 15 is 0 Å². The maximum absolute atomic E-state index is 12.7. The molecule has 8 nitrogen and oxygen atoms in total. The Kier molecular flexibility index (Phi) is 6.02. The van der Waals surface area contributed by atoms with Gasteiger partial charge >= 0.3 is 5.97 Å². The van der Waals surface area contributed by atoms with Crippen LogP contribution < -0.4 is 19.7 Å². The van der Waals surface area contributed by atoms with Crippen molar-refractivity contribution in [2.45, 2.75) is 4.90 Å². The Morgan fingerprint density at radius 2 is 1.75 bits per heavy atom. The fourth-order valence-corrected chi connectivity index (χ4v) is 4.51. The first-order chi connectivity index (χ1) is 15.3. The van der Waals surface area contributed by atoms with Crippen molar-refractivity contribution in [1.29, 1.82) is 0 Å². The SMILES string of the molecule is O=C(CN1CC(=O)Oc2ccccc21)Nc1cccc(S(=O)(=O)Nc2cccc(Cl)c2)c1. The number of para-hydroxylation sites is 2. The second-order valence-corrected chi connectivity index (χ2v) is 9.11. The number of hydrogen-bond donors (Lipinski definition) is 2. The van der Waals surface area contributed by atoms with Gasteiger partial charge in [-0.2, -0.15) is 0 Å². The number of nitrogens with one attached hydrogen (secondary N) is 2. The highest BCUT2D eigenvalue weighted by Crippen LogP contribution is 2.31. The quantitative estimate of drug-likeness (QED) is 0.421. The molecule has 1 aliphatic rings. The standard InChI is InChI=1S/C22H18ClN3O5S/c23-15-5-3-7-17(11-15)25-32(29,30)18-8-4-6-16(12-18)24-21(27)13-26-14-22(28)31-20-10-2-1-9-19(20)26/h1-12,25H,13-14H2,(H,24,27). The van der Waals surface area contributed by atoms with Crippen molar-refractivity contribution < 1.29 is 22.7 Å². The largest absolute Gasteiger partial charge is 0.423 e. The van der Waals surface area contributed by atoms with Crippen molar-refractivity contribution in [2.75, 3.05) is 28.0 Å². The first kappa shape index (κ1) is 21.7. The highest BCUT2D eigenvalue weighted by molar-refractivity contribution is 7.92. The first-order valence-corrected chi connectivity index (χ1v) is 11.4. The number of ether oxygens (including phenoxy) is 1. The summed E-state index contributed by atoms with van der Waals surface area (Å²) in [4.78, 5) is 26.0. The lowest BCUT2D eigenvalue weighted by molar-refractivity contribution is -0.133. The first-order valence-electron chi connectivity index (χ1n) is 9.53. The molecule has 0 fully saturated rings. The molecule has 4 rings (SSSR count). The third-order valence-corrected chi connectivity index (χ3v) is 6.20. The van der Waals surface area contributed by atoms with Crippen LogP contribution >= 0.6 is 11.6 Å². The number of sulfonamides is 1. The summed E-state index contributed by atoms with van der Waals surface area (Å²) in [6.45, 7) is -0.174. The summed E-state index contributed by atoms with van der Waals surface area (Å²) in [6, 6.07) is 19.1. The lowest BCUT2D eigenvalue weighted by Gasteiger charge is -2.29. The monoisotopic (exact) mass is 471 g/mol. The topological polar surface area (TPSA) is 105 Å². The number of carbonyl (C=O) groups is 2. The third-order valence-electron chi connectivity index (χ3n) is 4.59. The minimum absolute atomic E-state index is 0.0258. The van der Waals surface area contributed by atoms with Crippen molar-refractivity contribution in [2.24, 2.45) is 0 Å². The number of benzene rings is 3. The molecule has 0 atom stereocenters. The van der Waals surface area contributed by atoms with E-state index in [0.717, 1.165) is 0 Å². The predicted molar refractivity (Wildman–Crippen MR) is 122 cm³/mol. The summed E-state index contributed by atoms with van der Waals surface area (Å²) in [5.41, 5.74) is 1.25. The van der Waals surface area contributed by atoms with Gasteiger partial charge in [0, 0.05) is 10.7 Å². The van der Waals surface area contributed by atoms with Crippen molar-refractivity contribution in [1.82, 2.24) is 0 Å². The number of rotatable bonds is 6. The molecule has 0 spiro atoms. The summed E-state index contributed by atoms with van der Waals surface area (Å²) in [5.74, 6) is -0.486. The fraction of sp³-hybridized carbons (Fsp3) is 0.0909. The molecule has 3 aromatic rings. The molecule has 0 radical (unpaired) electrons. The zero-order chi connectivity index (χ0) is 22.7. The maximum atomic E-state index is 12.7. The molecule has 2 N–H and O–H groups in total. The van der Waals surface area contributed by atoms with E-state index in [2.05, 4.69) is 10.0 Å². The zero-order valence-corrected chi connectivity index (χ0v) is 18.2. The van der Waals surface area contributed by atoms with Gasteiger partial charge in [0.1, 0.15) is 6.54 Å². The zero-order valence-electron chi connectivity index (χ0n) is 16.6. The van der Waals surface area contributed by atoms with Gasteiger partial charge in [-0.05, 0) is 48.5 Å². The smallest absolute Gasteiger partial charge is 0.331 e. The number of anilines is 3. The number of halogens is 1. The minimum atomic E-state index is -3.89. The number of esters is 1.